The number of thiocarbonyl (C=S) groups is 1. The van der Waals surface area contributed by atoms with Crippen LogP contribution >= 0.6 is 24.0 Å². The Labute approximate surface area is 180 Å². The first-order chi connectivity index (χ1) is 14.3. The Morgan fingerprint density at radius 2 is 1.97 bits per heavy atom. The first-order valence-electron chi connectivity index (χ1n) is 9.56. The van der Waals surface area contributed by atoms with Crippen LogP contribution in [0.1, 0.15) is 30.0 Å². The van der Waals surface area contributed by atoms with E-state index in [9.17, 15) is 0 Å². The molecule has 150 valence electrons. The maximum atomic E-state index is 6.27. The molecule has 7 heteroatoms. The number of aromatic nitrogens is 1. The van der Waals surface area contributed by atoms with Gasteiger partial charge in [-0.1, -0.05) is 36.0 Å². The van der Waals surface area contributed by atoms with Crippen molar-refractivity contribution in [1.82, 2.24) is 15.2 Å². The summed E-state index contributed by atoms with van der Waals surface area (Å²) in [5, 5.41) is 5.02. The largest absolute Gasteiger partial charge is 0.452 e. The van der Waals surface area contributed by atoms with Crippen LogP contribution in [0.25, 0.3) is 0 Å². The molecule has 1 aliphatic rings. The smallest absolute Gasteiger partial charge is 0.170 e. The highest BCUT2D eigenvalue weighted by atomic mass is 32.2. The van der Waals surface area contributed by atoms with E-state index in [0.717, 1.165) is 39.5 Å². The summed E-state index contributed by atoms with van der Waals surface area (Å²) in [7, 11) is 1.72. The zero-order chi connectivity index (χ0) is 20.1. The summed E-state index contributed by atoms with van der Waals surface area (Å²) in [5.74, 6) is 0.879. The molecule has 0 aliphatic carbocycles. The molecule has 0 saturated carbocycles. The van der Waals surface area contributed by atoms with Gasteiger partial charge in [0.05, 0.1) is 11.7 Å². The van der Waals surface area contributed by atoms with Crippen LogP contribution in [0.15, 0.2) is 81.3 Å². The highest BCUT2D eigenvalue weighted by Crippen LogP contribution is 2.41. The van der Waals surface area contributed by atoms with Gasteiger partial charge in [0.1, 0.15) is 11.8 Å². The lowest BCUT2D eigenvalue weighted by molar-refractivity contribution is 0.176. The quantitative estimate of drug-likeness (QED) is 0.409. The van der Waals surface area contributed by atoms with Crippen LogP contribution in [0.4, 0.5) is 0 Å². The van der Waals surface area contributed by atoms with E-state index in [4.69, 9.17) is 21.4 Å². The molecule has 1 N–H and O–H groups in total. The summed E-state index contributed by atoms with van der Waals surface area (Å²) >= 11 is 7.27. The monoisotopic (exact) mass is 425 g/mol. The van der Waals surface area contributed by atoms with Crippen LogP contribution in [0.5, 0.6) is 0 Å². The van der Waals surface area contributed by atoms with Gasteiger partial charge in [0.15, 0.2) is 10.2 Å². The molecule has 0 radical (unpaired) electrons. The van der Waals surface area contributed by atoms with E-state index in [1.54, 1.807) is 18.9 Å². The van der Waals surface area contributed by atoms with E-state index in [1.807, 2.05) is 54.7 Å². The Kier molecular flexibility index (Phi) is 6.49. The highest BCUT2D eigenvalue weighted by Gasteiger charge is 2.41. The Morgan fingerprint density at radius 3 is 2.72 bits per heavy atom. The molecule has 1 aromatic carbocycles. The van der Waals surface area contributed by atoms with Crippen molar-refractivity contribution in [2.24, 2.45) is 0 Å². The van der Waals surface area contributed by atoms with Gasteiger partial charge in [-0.05, 0) is 55.0 Å². The Hall–Kier alpha value is -2.35. The van der Waals surface area contributed by atoms with E-state index >= 15 is 0 Å². The van der Waals surface area contributed by atoms with Crippen LogP contribution in [0.3, 0.4) is 0 Å². The van der Waals surface area contributed by atoms with Gasteiger partial charge >= 0.3 is 0 Å². The highest BCUT2D eigenvalue weighted by molar-refractivity contribution is 7.99. The zero-order valence-corrected chi connectivity index (χ0v) is 17.8. The molecule has 1 saturated heterocycles. The maximum absolute atomic E-state index is 6.27. The van der Waals surface area contributed by atoms with Gasteiger partial charge in [-0.15, -0.1) is 0 Å². The Balaban J connectivity index is 1.61. The van der Waals surface area contributed by atoms with Crippen LogP contribution in [0.2, 0.25) is 0 Å². The van der Waals surface area contributed by atoms with Crippen molar-refractivity contribution in [2.45, 2.75) is 28.5 Å². The van der Waals surface area contributed by atoms with Crippen molar-refractivity contribution < 1.29 is 9.15 Å². The predicted octanol–water partition coefficient (Wildman–Crippen LogP) is 4.83. The lowest BCUT2D eigenvalue weighted by atomic mass is 10.0. The standard InChI is InChI=1S/C22H23N3O2S2/c1-26-15-7-14-25-21(20(24-22(25)28)17-10-5-6-13-23-17)18-11-12-19(27-18)29-16-8-3-2-4-9-16/h2-6,8-13,20-21H,7,14-15H2,1H3,(H,24,28)/t20-,21-/m0/s1. The normalized spacial score (nSPS) is 18.8. The van der Waals surface area contributed by atoms with E-state index in [0.29, 0.717) is 6.61 Å². The van der Waals surface area contributed by atoms with Gasteiger partial charge in [-0.2, -0.15) is 0 Å². The average Bonchev–Trinajstić information content (AvgIpc) is 3.34. The minimum Gasteiger partial charge on any atom is -0.452 e. The summed E-state index contributed by atoms with van der Waals surface area (Å²) in [4.78, 5) is 7.89. The number of nitrogens with zero attached hydrogens (tertiary/aromatic N) is 2. The molecular weight excluding hydrogens is 402 g/mol. The van der Waals surface area contributed by atoms with Crippen molar-refractivity contribution in [3.05, 3.63) is 78.3 Å². The molecule has 0 amide bonds. The first-order valence-corrected chi connectivity index (χ1v) is 10.8. The second-order valence-electron chi connectivity index (χ2n) is 6.74. The Morgan fingerprint density at radius 1 is 1.14 bits per heavy atom. The van der Waals surface area contributed by atoms with Crippen molar-refractivity contribution in [3.63, 3.8) is 0 Å². The molecule has 3 heterocycles. The molecule has 5 nitrogen and oxygen atoms in total. The number of hydrogen-bond acceptors (Lipinski definition) is 5. The number of hydrogen-bond donors (Lipinski definition) is 1. The van der Waals surface area contributed by atoms with E-state index < -0.39 is 0 Å². The second kappa shape index (κ2) is 9.43. The molecule has 1 fully saturated rings. The molecule has 2 aromatic heterocycles. The number of benzene rings is 1. The first kappa shape index (κ1) is 19.9. The number of methoxy groups -OCH3 is 1. The van der Waals surface area contributed by atoms with Crippen molar-refractivity contribution in [3.8, 4) is 0 Å². The van der Waals surface area contributed by atoms with Gasteiger partial charge in [0.2, 0.25) is 0 Å². The second-order valence-corrected chi connectivity index (χ2v) is 8.20. The van der Waals surface area contributed by atoms with Crippen LogP contribution in [0, 0.1) is 0 Å². The topological polar surface area (TPSA) is 50.5 Å². The van der Waals surface area contributed by atoms with Gasteiger partial charge in [0.25, 0.3) is 0 Å². The van der Waals surface area contributed by atoms with Crippen molar-refractivity contribution in [2.75, 3.05) is 20.3 Å². The van der Waals surface area contributed by atoms with Crippen molar-refractivity contribution >= 4 is 29.1 Å². The van der Waals surface area contributed by atoms with Gasteiger partial charge in [0, 0.05) is 31.4 Å². The molecular formula is C22H23N3O2S2. The fourth-order valence-corrected chi connectivity index (χ4v) is 4.62. The number of furan rings is 1. The summed E-state index contributed by atoms with van der Waals surface area (Å²) in [6, 6.07) is 20.1. The average molecular weight is 426 g/mol. The number of nitrogens with one attached hydrogen (secondary N) is 1. The minimum absolute atomic E-state index is 0.0561. The zero-order valence-electron chi connectivity index (χ0n) is 16.2. The molecule has 29 heavy (non-hydrogen) atoms. The lowest BCUT2D eigenvalue weighted by Crippen LogP contribution is -2.31. The number of ether oxygens (including phenoxy) is 1. The molecule has 0 bridgehead atoms. The van der Waals surface area contributed by atoms with Crippen LogP contribution in [-0.2, 0) is 4.74 Å². The van der Waals surface area contributed by atoms with E-state index in [1.165, 1.54) is 0 Å². The molecule has 2 atom stereocenters. The lowest BCUT2D eigenvalue weighted by Gasteiger charge is -2.25. The summed E-state index contributed by atoms with van der Waals surface area (Å²) in [5.41, 5.74) is 0.947. The molecule has 3 aromatic rings. The maximum Gasteiger partial charge on any atom is 0.170 e. The number of rotatable bonds is 8. The number of pyridine rings is 1. The van der Waals surface area contributed by atoms with Crippen molar-refractivity contribution in [1.29, 1.82) is 0 Å². The Bertz CT molecular complexity index is 934. The molecule has 4 rings (SSSR count). The molecule has 1 aliphatic heterocycles. The van der Waals surface area contributed by atoms with Gasteiger partial charge < -0.3 is 19.4 Å². The third kappa shape index (κ3) is 4.63. The summed E-state index contributed by atoms with van der Waals surface area (Å²) in [6.07, 6.45) is 2.69. The van der Waals surface area contributed by atoms with Crippen LogP contribution < -0.4 is 5.32 Å². The third-order valence-electron chi connectivity index (χ3n) is 4.80. The SMILES string of the molecule is COCCCN1C(=S)N[C@@H](c2ccccn2)[C@@H]1c1ccc(Sc2ccccc2)o1. The fourth-order valence-electron chi connectivity index (χ4n) is 3.49. The van der Waals surface area contributed by atoms with Crippen LogP contribution in [-0.4, -0.2) is 35.3 Å². The van der Waals surface area contributed by atoms with E-state index in [-0.39, 0.29) is 12.1 Å². The minimum atomic E-state index is -0.0630. The van der Waals surface area contributed by atoms with E-state index in [2.05, 4.69) is 27.3 Å². The van der Waals surface area contributed by atoms with Gasteiger partial charge in [-0.25, -0.2) is 0 Å². The van der Waals surface area contributed by atoms with Gasteiger partial charge in [-0.3, -0.25) is 4.98 Å². The molecule has 0 spiro atoms. The fraction of sp³-hybridized carbons (Fsp3) is 0.273. The summed E-state index contributed by atoms with van der Waals surface area (Å²) in [6.45, 7) is 1.48. The molecule has 0 unspecified atom stereocenters. The summed E-state index contributed by atoms with van der Waals surface area (Å²) < 4.78 is 11.5. The third-order valence-corrected chi connectivity index (χ3v) is 6.08. The predicted molar refractivity (Wildman–Crippen MR) is 118 cm³/mol.